The van der Waals surface area contributed by atoms with Crippen LogP contribution in [0, 0.1) is 11.3 Å². The molecule has 0 aromatic carbocycles. The van der Waals surface area contributed by atoms with Crippen LogP contribution in [0.25, 0.3) is 0 Å². The van der Waals surface area contributed by atoms with Gasteiger partial charge in [0.1, 0.15) is 10.6 Å². The number of hydrogen-bond donors (Lipinski definition) is 2. The first-order valence-corrected chi connectivity index (χ1v) is 6.85. The van der Waals surface area contributed by atoms with Crippen LogP contribution in [-0.2, 0) is 4.74 Å². The number of anilines is 2. The van der Waals surface area contributed by atoms with E-state index in [0.29, 0.717) is 21.9 Å². The molecule has 0 aliphatic heterocycles. The molecule has 0 saturated heterocycles. The molecule has 1 aromatic heterocycles. The topological polar surface area (TPSA) is 77.2 Å². The summed E-state index contributed by atoms with van der Waals surface area (Å²) in [6.07, 6.45) is 2.47. The fraction of sp³-hybridized carbons (Fsp3) is 0.667. The number of nitrogens with two attached hydrogens (primary N) is 1. The van der Waals surface area contributed by atoms with Gasteiger partial charge in [0.15, 0.2) is 5.82 Å². The fourth-order valence-corrected chi connectivity index (χ4v) is 2.79. The molecule has 2 rings (SSSR count). The van der Waals surface area contributed by atoms with E-state index in [1.807, 2.05) is 0 Å². The van der Waals surface area contributed by atoms with Crippen molar-refractivity contribution in [3.05, 3.63) is 5.56 Å². The van der Waals surface area contributed by atoms with Gasteiger partial charge in [0, 0.05) is 6.54 Å². The van der Waals surface area contributed by atoms with Gasteiger partial charge in [0.2, 0.25) is 0 Å². The van der Waals surface area contributed by atoms with Crippen LogP contribution in [0.2, 0.25) is 0 Å². The molecule has 0 spiro atoms. The Kier molecular flexibility index (Phi) is 3.47. The summed E-state index contributed by atoms with van der Waals surface area (Å²) in [5.41, 5.74) is 6.42. The maximum atomic E-state index is 11.6. The van der Waals surface area contributed by atoms with Crippen LogP contribution in [0.3, 0.4) is 0 Å². The third-order valence-electron chi connectivity index (χ3n) is 3.83. The summed E-state index contributed by atoms with van der Waals surface area (Å²) < 4.78 is 8.73. The molecule has 1 aromatic rings. The highest BCUT2D eigenvalue weighted by Gasteiger charge is 2.45. The number of nitrogens with one attached hydrogen (secondary N) is 1. The van der Waals surface area contributed by atoms with Crippen molar-refractivity contribution < 1.29 is 9.53 Å². The Bertz CT molecular complexity index is 452. The number of hydrogen-bond acceptors (Lipinski definition) is 6. The Hall–Kier alpha value is -1.30. The van der Waals surface area contributed by atoms with Gasteiger partial charge in [-0.25, -0.2) is 4.79 Å². The molecule has 100 valence electrons. The van der Waals surface area contributed by atoms with E-state index in [0.717, 1.165) is 6.54 Å². The summed E-state index contributed by atoms with van der Waals surface area (Å²) in [6, 6.07) is 0. The SMILES string of the molecule is COC(=O)c1c(N)nsc1NCC1(C(C)C)CC1. The Morgan fingerprint density at radius 2 is 2.28 bits per heavy atom. The van der Waals surface area contributed by atoms with Crippen molar-refractivity contribution in [3.63, 3.8) is 0 Å². The van der Waals surface area contributed by atoms with Crippen LogP contribution < -0.4 is 11.1 Å². The molecule has 18 heavy (non-hydrogen) atoms. The summed E-state index contributed by atoms with van der Waals surface area (Å²) in [4.78, 5) is 11.6. The lowest BCUT2D eigenvalue weighted by Crippen LogP contribution is -2.21. The molecular formula is C12H19N3O2S. The lowest BCUT2D eigenvalue weighted by molar-refractivity contribution is 0.0603. The Morgan fingerprint density at radius 3 is 2.78 bits per heavy atom. The average molecular weight is 269 g/mol. The van der Waals surface area contributed by atoms with Gasteiger partial charge in [-0.3, -0.25) is 0 Å². The van der Waals surface area contributed by atoms with Crippen molar-refractivity contribution in [1.82, 2.24) is 4.37 Å². The van der Waals surface area contributed by atoms with E-state index >= 15 is 0 Å². The number of methoxy groups -OCH3 is 1. The summed E-state index contributed by atoms with van der Waals surface area (Å²) in [5, 5.41) is 4.02. The predicted octanol–water partition coefficient (Wildman–Crippen LogP) is 2.36. The molecule has 1 heterocycles. The van der Waals surface area contributed by atoms with E-state index in [1.165, 1.54) is 31.5 Å². The van der Waals surface area contributed by atoms with Crippen molar-refractivity contribution in [3.8, 4) is 0 Å². The number of nitrogens with zero attached hydrogens (tertiary/aromatic N) is 1. The smallest absolute Gasteiger partial charge is 0.344 e. The van der Waals surface area contributed by atoms with Gasteiger partial charge in [0.05, 0.1) is 7.11 Å². The van der Waals surface area contributed by atoms with Crippen molar-refractivity contribution >= 4 is 28.3 Å². The molecule has 1 saturated carbocycles. The summed E-state index contributed by atoms with van der Waals surface area (Å²) in [5.74, 6) is 0.443. The molecule has 6 heteroatoms. The largest absolute Gasteiger partial charge is 0.465 e. The first kappa shape index (κ1) is 13.1. The third kappa shape index (κ3) is 2.29. The van der Waals surface area contributed by atoms with E-state index < -0.39 is 5.97 Å². The van der Waals surface area contributed by atoms with Gasteiger partial charge >= 0.3 is 5.97 Å². The van der Waals surface area contributed by atoms with Gasteiger partial charge < -0.3 is 15.8 Å². The minimum Gasteiger partial charge on any atom is -0.465 e. The fourth-order valence-electron chi connectivity index (χ4n) is 2.10. The van der Waals surface area contributed by atoms with E-state index in [9.17, 15) is 4.79 Å². The molecular weight excluding hydrogens is 250 g/mol. The first-order chi connectivity index (χ1) is 8.50. The highest BCUT2D eigenvalue weighted by Crippen LogP contribution is 2.52. The molecule has 0 unspecified atom stereocenters. The molecule has 1 aliphatic rings. The van der Waals surface area contributed by atoms with E-state index in [2.05, 4.69) is 23.5 Å². The monoisotopic (exact) mass is 269 g/mol. The third-order valence-corrected chi connectivity index (χ3v) is 4.65. The number of nitrogen functional groups attached to an aromatic ring is 1. The van der Waals surface area contributed by atoms with Crippen molar-refractivity contribution in [2.24, 2.45) is 11.3 Å². The zero-order valence-electron chi connectivity index (χ0n) is 10.9. The summed E-state index contributed by atoms with van der Waals surface area (Å²) in [7, 11) is 1.35. The van der Waals surface area contributed by atoms with E-state index in [4.69, 9.17) is 10.5 Å². The lowest BCUT2D eigenvalue weighted by Gasteiger charge is -2.20. The zero-order chi connectivity index (χ0) is 13.3. The van der Waals surface area contributed by atoms with Crippen molar-refractivity contribution in [2.45, 2.75) is 26.7 Å². The summed E-state index contributed by atoms with van der Waals surface area (Å²) in [6.45, 7) is 5.32. The maximum absolute atomic E-state index is 11.6. The van der Waals surface area contributed by atoms with Crippen LogP contribution in [0.5, 0.6) is 0 Å². The second-order valence-corrected chi connectivity index (χ2v) is 5.91. The van der Waals surface area contributed by atoms with Crippen LogP contribution in [0.1, 0.15) is 37.0 Å². The van der Waals surface area contributed by atoms with Gasteiger partial charge in [-0.1, -0.05) is 13.8 Å². The second-order valence-electron chi connectivity index (χ2n) is 5.13. The number of carbonyl (C=O) groups is 1. The quantitative estimate of drug-likeness (QED) is 0.802. The molecule has 1 fully saturated rings. The normalized spacial score (nSPS) is 16.7. The van der Waals surface area contributed by atoms with Crippen LogP contribution in [0.4, 0.5) is 10.8 Å². The van der Waals surface area contributed by atoms with Crippen LogP contribution in [-0.4, -0.2) is 24.0 Å². The standard InChI is InChI=1S/C12H19N3O2S/c1-7(2)12(4-5-12)6-14-10-8(11(16)17-3)9(13)15-18-10/h7,14H,4-6H2,1-3H3,(H2,13,15). The van der Waals surface area contributed by atoms with E-state index in [1.54, 1.807) is 0 Å². The minimum atomic E-state index is -0.432. The molecule has 0 bridgehead atoms. The number of aromatic nitrogens is 1. The highest BCUT2D eigenvalue weighted by molar-refractivity contribution is 7.11. The number of carbonyl (C=O) groups excluding carboxylic acids is 1. The zero-order valence-corrected chi connectivity index (χ0v) is 11.8. The first-order valence-electron chi connectivity index (χ1n) is 6.07. The van der Waals surface area contributed by atoms with Gasteiger partial charge in [-0.2, -0.15) is 4.37 Å². The predicted molar refractivity (Wildman–Crippen MR) is 72.9 cm³/mol. The van der Waals surface area contributed by atoms with E-state index in [-0.39, 0.29) is 5.82 Å². The number of esters is 1. The minimum absolute atomic E-state index is 0.240. The molecule has 5 nitrogen and oxygen atoms in total. The maximum Gasteiger partial charge on any atom is 0.344 e. The van der Waals surface area contributed by atoms with Gasteiger partial charge in [-0.05, 0) is 35.7 Å². The molecule has 3 N–H and O–H groups in total. The Labute approximate surface area is 111 Å². The highest BCUT2D eigenvalue weighted by atomic mass is 32.1. The molecule has 1 aliphatic carbocycles. The summed E-state index contributed by atoms with van der Waals surface area (Å²) >= 11 is 1.21. The number of ether oxygens (including phenoxy) is 1. The average Bonchev–Trinajstić information content (AvgIpc) is 3.05. The van der Waals surface area contributed by atoms with Crippen molar-refractivity contribution in [1.29, 1.82) is 0 Å². The molecule has 0 atom stereocenters. The van der Waals surface area contributed by atoms with Gasteiger partial charge in [0.25, 0.3) is 0 Å². The number of rotatable bonds is 5. The lowest BCUT2D eigenvalue weighted by atomic mass is 9.92. The van der Waals surface area contributed by atoms with Gasteiger partial charge in [-0.15, -0.1) is 0 Å². The van der Waals surface area contributed by atoms with Crippen LogP contribution in [0.15, 0.2) is 0 Å². The van der Waals surface area contributed by atoms with Crippen molar-refractivity contribution in [2.75, 3.05) is 24.7 Å². The molecule has 0 radical (unpaired) electrons. The second kappa shape index (κ2) is 4.76. The molecule has 0 amide bonds. The Balaban J connectivity index is 2.08. The van der Waals surface area contributed by atoms with Crippen LogP contribution >= 0.6 is 11.5 Å². The Morgan fingerprint density at radius 1 is 1.61 bits per heavy atom.